The van der Waals surface area contributed by atoms with E-state index in [9.17, 15) is 9.59 Å². The van der Waals surface area contributed by atoms with Gasteiger partial charge in [-0.2, -0.15) is 5.10 Å². The van der Waals surface area contributed by atoms with Crippen LogP contribution in [0.15, 0.2) is 54.7 Å². The van der Waals surface area contributed by atoms with E-state index in [-0.39, 0.29) is 5.97 Å². The number of nitrogens with zero attached hydrogens (tertiary/aromatic N) is 2. The zero-order valence-electron chi connectivity index (χ0n) is 19.9. The van der Waals surface area contributed by atoms with E-state index in [0.717, 1.165) is 41.0 Å². The van der Waals surface area contributed by atoms with Crippen LogP contribution >= 0.6 is 0 Å². The molecule has 1 saturated carbocycles. The third-order valence-electron chi connectivity index (χ3n) is 5.26. The lowest BCUT2D eigenvalue weighted by atomic mass is 10.0. The first-order chi connectivity index (χ1) is 16.2. The average Bonchev–Trinajstić information content (AvgIpc) is 3.54. The van der Waals surface area contributed by atoms with Crippen LogP contribution in [0.25, 0.3) is 16.8 Å². The Balaban J connectivity index is 1.57. The topological polar surface area (TPSA) is 94.5 Å². The van der Waals surface area contributed by atoms with E-state index in [4.69, 9.17) is 9.47 Å². The highest BCUT2D eigenvalue weighted by atomic mass is 16.6. The molecule has 0 atom stereocenters. The van der Waals surface area contributed by atoms with Gasteiger partial charge in [-0.25, -0.2) is 19.7 Å². The summed E-state index contributed by atoms with van der Waals surface area (Å²) in [5.41, 5.74) is 9.85. The van der Waals surface area contributed by atoms with Crippen molar-refractivity contribution in [3.63, 3.8) is 0 Å². The quantitative estimate of drug-likeness (QED) is 0.358. The molecule has 0 spiro atoms. The van der Waals surface area contributed by atoms with E-state index in [1.165, 1.54) is 0 Å². The summed E-state index contributed by atoms with van der Waals surface area (Å²) in [4.78, 5) is 24.4. The second-order valence-corrected chi connectivity index (χ2v) is 9.23. The number of anilines is 1. The molecule has 3 aromatic rings. The average molecular weight is 463 g/mol. The number of carbonyl (C=O) groups excluding carboxylic acids is 2. The summed E-state index contributed by atoms with van der Waals surface area (Å²) in [6.07, 6.45) is 3.13. The summed E-state index contributed by atoms with van der Waals surface area (Å²) in [7, 11) is 0. The number of hydrogen-bond donors (Lipinski definition) is 2. The van der Waals surface area contributed by atoms with Crippen molar-refractivity contribution in [2.75, 3.05) is 12.0 Å². The maximum absolute atomic E-state index is 12.4. The van der Waals surface area contributed by atoms with E-state index in [0.29, 0.717) is 18.1 Å². The lowest BCUT2D eigenvalue weighted by Crippen LogP contribution is -2.35. The minimum atomic E-state index is -0.576. The van der Waals surface area contributed by atoms with Crippen molar-refractivity contribution in [1.29, 1.82) is 0 Å². The van der Waals surface area contributed by atoms with E-state index in [2.05, 4.69) is 16.0 Å². The Morgan fingerprint density at radius 3 is 2.47 bits per heavy atom. The number of ether oxygens (including phenoxy) is 2. The van der Waals surface area contributed by atoms with Gasteiger partial charge in [0, 0.05) is 5.92 Å². The number of carbonyl (C=O) groups is 2. The van der Waals surface area contributed by atoms with E-state index < -0.39 is 11.7 Å². The van der Waals surface area contributed by atoms with Gasteiger partial charge in [-0.05, 0) is 75.9 Å². The minimum absolute atomic E-state index is 0.317. The van der Waals surface area contributed by atoms with Crippen molar-refractivity contribution in [2.45, 2.75) is 52.1 Å². The van der Waals surface area contributed by atoms with Gasteiger partial charge < -0.3 is 9.47 Å². The fraction of sp³-hybridized carbons (Fsp3) is 0.346. The van der Waals surface area contributed by atoms with Crippen LogP contribution in [-0.2, 0) is 9.47 Å². The van der Waals surface area contributed by atoms with Crippen LogP contribution < -0.4 is 10.9 Å². The van der Waals surface area contributed by atoms with E-state index >= 15 is 0 Å². The summed E-state index contributed by atoms with van der Waals surface area (Å²) in [6.45, 7) is 7.56. The molecular weight excluding hydrogens is 432 g/mol. The fourth-order valence-corrected chi connectivity index (χ4v) is 3.70. The molecule has 2 aromatic carbocycles. The fourth-order valence-electron chi connectivity index (χ4n) is 3.70. The van der Waals surface area contributed by atoms with Crippen LogP contribution in [0.3, 0.4) is 0 Å². The molecule has 8 heteroatoms. The summed E-state index contributed by atoms with van der Waals surface area (Å²) in [5, 5.41) is 4.52. The zero-order chi connectivity index (χ0) is 24.3. The smallest absolute Gasteiger partial charge is 0.426 e. The number of amides is 1. The third-order valence-corrected chi connectivity index (χ3v) is 5.26. The molecule has 1 aliphatic rings. The number of rotatable bonds is 7. The van der Waals surface area contributed by atoms with Gasteiger partial charge in [0.15, 0.2) is 0 Å². The van der Waals surface area contributed by atoms with Crippen molar-refractivity contribution in [2.24, 2.45) is 0 Å². The first kappa shape index (κ1) is 23.4. The zero-order valence-corrected chi connectivity index (χ0v) is 19.9. The predicted molar refractivity (Wildman–Crippen MR) is 130 cm³/mol. The maximum atomic E-state index is 12.4. The van der Waals surface area contributed by atoms with Gasteiger partial charge in [-0.15, -0.1) is 0 Å². The van der Waals surface area contributed by atoms with E-state index in [1.54, 1.807) is 13.1 Å². The second kappa shape index (κ2) is 9.59. The molecule has 1 fully saturated rings. The normalized spacial score (nSPS) is 13.3. The van der Waals surface area contributed by atoms with Gasteiger partial charge in [0.2, 0.25) is 0 Å². The van der Waals surface area contributed by atoms with Crippen LogP contribution in [0.4, 0.5) is 10.5 Å². The molecule has 8 nitrogen and oxygen atoms in total. The Kier molecular flexibility index (Phi) is 6.58. The highest BCUT2D eigenvalue weighted by molar-refractivity contribution is 5.91. The van der Waals surface area contributed by atoms with Crippen LogP contribution in [0.5, 0.6) is 0 Å². The SMILES string of the molecule is CCOC(=O)c1cnn(-c2cccc(-c3cccc(NNC(=O)OC(C)(C)C)c3)c2)c1C1CC1. The summed E-state index contributed by atoms with van der Waals surface area (Å²) >= 11 is 0. The van der Waals surface area contributed by atoms with Gasteiger partial charge in [0.1, 0.15) is 11.2 Å². The Hall–Kier alpha value is -3.81. The molecule has 0 bridgehead atoms. The number of aromatic nitrogens is 2. The number of hydrazine groups is 1. The molecule has 34 heavy (non-hydrogen) atoms. The van der Waals surface area contributed by atoms with Gasteiger partial charge >= 0.3 is 12.1 Å². The molecule has 178 valence electrons. The van der Waals surface area contributed by atoms with Crippen molar-refractivity contribution < 1.29 is 19.1 Å². The number of benzene rings is 2. The highest BCUT2D eigenvalue weighted by Gasteiger charge is 2.33. The van der Waals surface area contributed by atoms with E-state index in [1.807, 2.05) is 74.0 Å². The van der Waals surface area contributed by atoms with Gasteiger partial charge in [0.05, 0.1) is 29.9 Å². The lowest BCUT2D eigenvalue weighted by Gasteiger charge is -2.20. The summed E-state index contributed by atoms with van der Waals surface area (Å²) in [6, 6.07) is 15.7. The molecule has 0 radical (unpaired) electrons. The Morgan fingerprint density at radius 2 is 1.79 bits per heavy atom. The van der Waals surface area contributed by atoms with Gasteiger partial charge in [-0.3, -0.25) is 5.43 Å². The molecule has 1 aliphatic carbocycles. The van der Waals surface area contributed by atoms with Gasteiger partial charge in [-0.1, -0.05) is 24.3 Å². The van der Waals surface area contributed by atoms with Crippen LogP contribution in [0.2, 0.25) is 0 Å². The number of esters is 1. The van der Waals surface area contributed by atoms with Crippen LogP contribution in [0, 0.1) is 0 Å². The molecule has 0 saturated heterocycles. The second-order valence-electron chi connectivity index (χ2n) is 9.23. The molecule has 4 rings (SSSR count). The Morgan fingerprint density at radius 1 is 1.09 bits per heavy atom. The van der Waals surface area contributed by atoms with Crippen molar-refractivity contribution in [3.8, 4) is 16.8 Å². The maximum Gasteiger partial charge on any atom is 0.426 e. The molecule has 0 unspecified atom stereocenters. The lowest BCUT2D eigenvalue weighted by molar-refractivity contribution is 0.0519. The minimum Gasteiger partial charge on any atom is -0.462 e. The molecular formula is C26H30N4O4. The molecule has 0 aliphatic heterocycles. The Labute approximate surface area is 199 Å². The van der Waals surface area contributed by atoms with Crippen molar-refractivity contribution in [1.82, 2.24) is 15.2 Å². The predicted octanol–water partition coefficient (Wildman–Crippen LogP) is 5.45. The van der Waals surface area contributed by atoms with Crippen LogP contribution in [-0.4, -0.2) is 34.1 Å². The molecule has 1 amide bonds. The molecule has 1 aromatic heterocycles. The standard InChI is InChI=1S/C26H30N4O4/c1-5-33-24(31)22-16-27-30(23(22)17-12-13-17)21-11-7-9-19(15-21)18-8-6-10-20(14-18)28-29-25(32)34-26(2,3)4/h6-11,14-17,28H,5,12-13H2,1-4H3,(H,29,32). The molecule has 1 heterocycles. The van der Waals surface area contributed by atoms with Crippen molar-refractivity contribution >= 4 is 17.7 Å². The monoisotopic (exact) mass is 462 g/mol. The van der Waals surface area contributed by atoms with Crippen LogP contribution in [0.1, 0.15) is 62.5 Å². The van der Waals surface area contributed by atoms with Gasteiger partial charge in [0.25, 0.3) is 0 Å². The molecule has 2 N–H and O–H groups in total. The number of hydrogen-bond acceptors (Lipinski definition) is 6. The third kappa shape index (κ3) is 5.57. The Bertz CT molecular complexity index is 1190. The first-order valence-corrected chi connectivity index (χ1v) is 11.5. The largest absolute Gasteiger partial charge is 0.462 e. The number of nitrogens with one attached hydrogen (secondary N) is 2. The van der Waals surface area contributed by atoms with Crippen molar-refractivity contribution in [3.05, 3.63) is 66.0 Å². The summed E-state index contributed by atoms with van der Waals surface area (Å²) in [5.74, 6) is -0.0138. The highest BCUT2D eigenvalue weighted by Crippen LogP contribution is 2.43. The summed E-state index contributed by atoms with van der Waals surface area (Å²) < 4.78 is 12.3. The first-order valence-electron chi connectivity index (χ1n) is 11.5.